The van der Waals surface area contributed by atoms with Gasteiger partial charge in [-0.3, -0.25) is 9.59 Å². The van der Waals surface area contributed by atoms with E-state index in [9.17, 15) is 9.59 Å². The zero-order valence-electron chi connectivity index (χ0n) is 11.2. The lowest BCUT2D eigenvalue weighted by Crippen LogP contribution is -2.47. The number of rotatable bonds is 4. The van der Waals surface area contributed by atoms with Crippen molar-refractivity contribution in [1.29, 1.82) is 0 Å². The van der Waals surface area contributed by atoms with E-state index >= 15 is 0 Å². The lowest BCUT2D eigenvalue weighted by Gasteiger charge is -2.23. The summed E-state index contributed by atoms with van der Waals surface area (Å²) in [6.45, 7) is 0.757. The zero-order valence-corrected chi connectivity index (χ0v) is 12.1. The van der Waals surface area contributed by atoms with E-state index in [2.05, 4.69) is 5.32 Å². The quantitative estimate of drug-likeness (QED) is 0.918. The van der Waals surface area contributed by atoms with Gasteiger partial charge in [0.15, 0.2) is 0 Å². The molecule has 1 N–H and O–H groups in total. The minimum absolute atomic E-state index is 0.00817. The fourth-order valence-corrected chi connectivity index (χ4v) is 3.45. The van der Waals surface area contributed by atoms with Gasteiger partial charge in [-0.1, -0.05) is 18.2 Å². The van der Waals surface area contributed by atoms with Crippen LogP contribution >= 0.6 is 11.8 Å². The predicted molar refractivity (Wildman–Crippen MR) is 79.5 cm³/mol. The molecule has 1 aliphatic carbocycles. The zero-order chi connectivity index (χ0) is 13.9. The second-order valence-corrected chi connectivity index (χ2v) is 6.34. The Kier molecular flexibility index (Phi) is 3.96. The van der Waals surface area contributed by atoms with Gasteiger partial charge in [-0.25, -0.2) is 0 Å². The van der Waals surface area contributed by atoms with Gasteiger partial charge in [0, 0.05) is 17.9 Å². The number of nitrogens with one attached hydrogen (secondary N) is 1. The van der Waals surface area contributed by atoms with Crippen LogP contribution in [0.5, 0.6) is 0 Å². The first-order valence-electron chi connectivity index (χ1n) is 6.97. The maximum absolute atomic E-state index is 12.4. The number of nitrogens with zero attached hydrogens (tertiary/aromatic N) is 1. The van der Waals surface area contributed by atoms with Crippen molar-refractivity contribution in [2.24, 2.45) is 5.92 Å². The molecule has 1 aliphatic heterocycles. The third-order valence-corrected chi connectivity index (χ3v) is 4.74. The first-order chi connectivity index (χ1) is 9.75. The molecule has 106 valence electrons. The second kappa shape index (κ2) is 5.87. The van der Waals surface area contributed by atoms with Crippen molar-refractivity contribution in [1.82, 2.24) is 10.2 Å². The van der Waals surface area contributed by atoms with E-state index in [4.69, 9.17) is 0 Å². The first-order valence-corrected chi connectivity index (χ1v) is 8.12. The molecule has 2 fully saturated rings. The Morgan fingerprint density at radius 3 is 2.70 bits per heavy atom. The fraction of sp³-hybridized carbons (Fsp3) is 0.467. The Hall–Kier alpha value is -1.49. The van der Waals surface area contributed by atoms with Gasteiger partial charge in [-0.05, 0) is 30.9 Å². The standard InChI is InChI=1S/C15H18N2O2S/c18-14(16-8-11-6-7-11)13-9-20-10-17(13)15(19)12-4-2-1-3-5-12/h1-5,11,13H,6-10H2,(H,16,18). The van der Waals surface area contributed by atoms with Gasteiger partial charge in [0.05, 0.1) is 5.88 Å². The number of carbonyl (C=O) groups is 2. The molecular weight excluding hydrogens is 272 g/mol. The van der Waals surface area contributed by atoms with Gasteiger partial charge in [0.2, 0.25) is 5.91 Å². The molecule has 0 aromatic heterocycles. The van der Waals surface area contributed by atoms with Crippen LogP contribution in [0, 0.1) is 5.92 Å². The first kappa shape index (κ1) is 13.5. The monoisotopic (exact) mass is 290 g/mol. The number of benzene rings is 1. The highest BCUT2D eigenvalue weighted by Crippen LogP contribution is 2.28. The molecule has 1 unspecified atom stereocenters. The molecule has 1 saturated carbocycles. The Labute approximate surface area is 122 Å². The molecule has 0 radical (unpaired) electrons. The van der Waals surface area contributed by atoms with E-state index in [0.717, 1.165) is 6.54 Å². The van der Waals surface area contributed by atoms with Gasteiger partial charge >= 0.3 is 0 Å². The number of amides is 2. The van der Waals surface area contributed by atoms with Crippen LogP contribution in [0.4, 0.5) is 0 Å². The highest BCUT2D eigenvalue weighted by molar-refractivity contribution is 7.99. The third kappa shape index (κ3) is 2.98. The van der Waals surface area contributed by atoms with Crippen molar-refractivity contribution in [3.63, 3.8) is 0 Å². The number of carbonyl (C=O) groups excluding carboxylic acids is 2. The average Bonchev–Trinajstić information content (AvgIpc) is 3.19. The van der Waals surface area contributed by atoms with Crippen molar-refractivity contribution >= 4 is 23.6 Å². The minimum Gasteiger partial charge on any atom is -0.354 e. The van der Waals surface area contributed by atoms with Crippen LogP contribution in [0.3, 0.4) is 0 Å². The molecule has 0 spiro atoms. The summed E-state index contributed by atoms with van der Waals surface area (Å²) in [6.07, 6.45) is 2.43. The van der Waals surface area contributed by atoms with Crippen molar-refractivity contribution in [3.8, 4) is 0 Å². The van der Waals surface area contributed by atoms with Crippen LogP contribution in [0.2, 0.25) is 0 Å². The van der Waals surface area contributed by atoms with Crippen molar-refractivity contribution < 1.29 is 9.59 Å². The van der Waals surface area contributed by atoms with E-state index in [-0.39, 0.29) is 17.9 Å². The van der Waals surface area contributed by atoms with E-state index in [1.54, 1.807) is 28.8 Å². The number of hydrogen-bond donors (Lipinski definition) is 1. The molecule has 2 aliphatic rings. The van der Waals surface area contributed by atoms with Gasteiger partial charge in [0.1, 0.15) is 6.04 Å². The normalized spacial score (nSPS) is 21.8. The van der Waals surface area contributed by atoms with Crippen LogP contribution in [0.15, 0.2) is 30.3 Å². The largest absolute Gasteiger partial charge is 0.354 e. The van der Waals surface area contributed by atoms with Gasteiger partial charge < -0.3 is 10.2 Å². The Bertz CT molecular complexity index is 502. The van der Waals surface area contributed by atoms with E-state index < -0.39 is 0 Å². The molecule has 1 saturated heterocycles. The maximum atomic E-state index is 12.4. The molecule has 4 nitrogen and oxygen atoms in total. The second-order valence-electron chi connectivity index (χ2n) is 5.35. The Morgan fingerprint density at radius 1 is 1.25 bits per heavy atom. The fourth-order valence-electron chi connectivity index (χ4n) is 2.29. The maximum Gasteiger partial charge on any atom is 0.255 e. The van der Waals surface area contributed by atoms with Crippen LogP contribution in [0.1, 0.15) is 23.2 Å². The summed E-state index contributed by atoms with van der Waals surface area (Å²) in [5.41, 5.74) is 0.648. The predicted octanol–water partition coefficient (Wildman–Crippen LogP) is 1.73. The molecule has 2 amide bonds. The molecule has 3 rings (SSSR count). The summed E-state index contributed by atoms with van der Waals surface area (Å²) in [6, 6.07) is 8.84. The minimum atomic E-state index is -0.327. The van der Waals surface area contributed by atoms with Crippen molar-refractivity contribution in [2.45, 2.75) is 18.9 Å². The Balaban J connectivity index is 1.65. The van der Waals surface area contributed by atoms with E-state index in [1.807, 2.05) is 18.2 Å². The van der Waals surface area contributed by atoms with Gasteiger partial charge in [-0.15, -0.1) is 11.8 Å². The van der Waals surface area contributed by atoms with E-state index in [1.165, 1.54) is 12.8 Å². The molecule has 1 heterocycles. The van der Waals surface area contributed by atoms with Crippen LogP contribution in [0.25, 0.3) is 0 Å². The third-order valence-electron chi connectivity index (χ3n) is 3.73. The van der Waals surface area contributed by atoms with Crippen molar-refractivity contribution in [2.75, 3.05) is 18.2 Å². The smallest absolute Gasteiger partial charge is 0.255 e. The summed E-state index contributed by atoms with van der Waals surface area (Å²) in [5, 5.41) is 2.98. The van der Waals surface area contributed by atoms with Crippen LogP contribution in [-0.2, 0) is 4.79 Å². The van der Waals surface area contributed by atoms with Crippen LogP contribution in [-0.4, -0.2) is 40.9 Å². The topological polar surface area (TPSA) is 49.4 Å². The summed E-state index contributed by atoms with van der Waals surface area (Å²) >= 11 is 1.64. The van der Waals surface area contributed by atoms with Crippen LogP contribution < -0.4 is 5.32 Å². The SMILES string of the molecule is O=C(NCC1CC1)C1CSCN1C(=O)c1ccccc1. The summed E-state index contributed by atoms with van der Waals surface area (Å²) in [4.78, 5) is 26.3. The molecule has 20 heavy (non-hydrogen) atoms. The lowest BCUT2D eigenvalue weighted by atomic mass is 10.1. The highest BCUT2D eigenvalue weighted by atomic mass is 32.2. The number of thioether (sulfide) groups is 1. The molecule has 1 aromatic carbocycles. The summed E-state index contributed by atoms with van der Waals surface area (Å²) in [5.74, 6) is 1.88. The average molecular weight is 290 g/mol. The van der Waals surface area contributed by atoms with E-state index in [0.29, 0.717) is 23.1 Å². The molecule has 5 heteroatoms. The molecular formula is C15H18N2O2S. The van der Waals surface area contributed by atoms with Gasteiger partial charge in [0.25, 0.3) is 5.91 Å². The molecule has 0 bridgehead atoms. The molecule has 1 atom stereocenters. The summed E-state index contributed by atoms with van der Waals surface area (Å²) < 4.78 is 0. The lowest BCUT2D eigenvalue weighted by molar-refractivity contribution is -0.124. The summed E-state index contributed by atoms with van der Waals surface area (Å²) in [7, 11) is 0. The Morgan fingerprint density at radius 2 is 2.00 bits per heavy atom. The molecule has 1 aromatic rings. The van der Waals surface area contributed by atoms with Crippen molar-refractivity contribution in [3.05, 3.63) is 35.9 Å². The number of hydrogen-bond acceptors (Lipinski definition) is 3. The highest BCUT2D eigenvalue weighted by Gasteiger charge is 2.35. The van der Waals surface area contributed by atoms with Gasteiger partial charge in [-0.2, -0.15) is 0 Å².